The standard InChI is InChI=1S/C18H24N2O2/c1-13(21)19-17-8-6-15(7-9-17)18(22)20-11-10-14-4-2-3-5-16(14)12-20/h6-9,14,16H,2-5,10-12H2,1H3,(H,19,21)/t14-,16+/m0/s1. The number of piperidine rings is 1. The minimum Gasteiger partial charge on any atom is -0.338 e. The Kier molecular flexibility index (Phi) is 4.46. The normalized spacial score (nSPS) is 24.5. The van der Waals surface area contributed by atoms with Gasteiger partial charge in [0.1, 0.15) is 0 Å². The second-order valence-corrected chi connectivity index (χ2v) is 6.60. The maximum atomic E-state index is 12.6. The van der Waals surface area contributed by atoms with Crippen molar-refractivity contribution in [2.45, 2.75) is 39.0 Å². The van der Waals surface area contributed by atoms with Gasteiger partial charge in [0.15, 0.2) is 0 Å². The highest BCUT2D eigenvalue weighted by atomic mass is 16.2. The molecule has 4 nitrogen and oxygen atoms in total. The van der Waals surface area contributed by atoms with E-state index in [1.165, 1.54) is 32.6 Å². The molecule has 2 aliphatic rings. The van der Waals surface area contributed by atoms with Crippen molar-refractivity contribution >= 4 is 17.5 Å². The summed E-state index contributed by atoms with van der Waals surface area (Å²) in [6.07, 6.45) is 6.45. The quantitative estimate of drug-likeness (QED) is 0.911. The van der Waals surface area contributed by atoms with E-state index in [-0.39, 0.29) is 11.8 Å². The van der Waals surface area contributed by atoms with Crippen LogP contribution in [0.5, 0.6) is 0 Å². The van der Waals surface area contributed by atoms with Crippen LogP contribution in [0.1, 0.15) is 49.4 Å². The van der Waals surface area contributed by atoms with Crippen LogP contribution >= 0.6 is 0 Å². The molecule has 22 heavy (non-hydrogen) atoms. The van der Waals surface area contributed by atoms with E-state index in [9.17, 15) is 9.59 Å². The molecule has 1 saturated carbocycles. The Labute approximate surface area is 131 Å². The van der Waals surface area contributed by atoms with Crippen LogP contribution < -0.4 is 5.32 Å². The molecule has 1 aliphatic carbocycles. The average molecular weight is 300 g/mol. The highest BCUT2D eigenvalue weighted by Gasteiger charge is 2.33. The third-order valence-corrected chi connectivity index (χ3v) is 5.03. The molecule has 1 aromatic rings. The molecule has 118 valence electrons. The predicted octanol–water partition coefficient (Wildman–Crippen LogP) is 3.30. The molecular weight excluding hydrogens is 276 g/mol. The molecule has 4 heteroatoms. The number of hydrogen-bond donors (Lipinski definition) is 1. The summed E-state index contributed by atoms with van der Waals surface area (Å²) in [6.45, 7) is 3.28. The maximum absolute atomic E-state index is 12.6. The Morgan fingerprint density at radius 2 is 1.73 bits per heavy atom. The monoisotopic (exact) mass is 300 g/mol. The predicted molar refractivity (Wildman–Crippen MR) is 86.7 cm³/mol. The first kappa shape index (κ1) is 15.1. The first-order chi connectivity index (χ1) is 10.6. The summed E-state index contributed by atoms with van der Waals surface area (Å²) in [4.78, 5) is 25.7. The first-order valence-corrected chi connectivity index (χ1v) is 8.30. The molecule has 0 aromatic heterocycles. The lowest BCUT2D eigenvalue weighted by molar-refractivity contribution is -0.114. The van der Waals surface area contributed by atoms with Crippen LogP contribution in [-0.2, 0) is 4.79 Å². The Hall–Kier alpha value is -1.84. The summed E-state index contributed by atoms with van der Waals surface area (Å²) in [5.74, 6) is 1.56. The van der Waals surface area contributed by atoms with Crippen LogP contribution in [0, 0.1) is 11.8 Å². The number of likely N-dealkylation sites (tertiary alicyclic amines) is 1. The van der Waals surface area contributed by atoms with E-state index in [0.29, 0.717) is 11.5 Å². The van der Waals surface area contributed by atoms with Crippen LogP contribution in [-0.4, -0.2) is 29.8 Å². The maximum Gasteiger partial charge on any atom is 0.253 e. The van der Waals surface area contributed by atoms with Crippen LogP contribution in [0.2, 0.25) is 0 Å². The molecule has 1 aromatic carbocycles. The zero-order valence-electron chi connectivity index (χ0n) is 13.2. The Morgan fingerprint density at radius 3 is 2.41 bits per heavy atom. The third kappa shape index (κ3) is 3.32. The Bertz CT molecular complexity index is 553. The lowest BCUT2D eigenvalue weighted by atomic mass is 9.75. The summed E-state index contributed by atoms with van der Waals surface area (Å²) in [7, 11) is 0. The number of nitrogens with zero attached hydrogens (tertiary/aromatic N) is 1. The van der Waals surface area contributed by atoms with Crippen molar-refractivity contribution in [3.63, 3.8) is 0 Å². The van der Waals surface area contributed by atoms with E-state index >= 15 is 0 Å². The van der Waals surface area contributed by atoms with Crippen molar-refractivity contribution in [1.82, 2.24) is 4.90 Å². The topological polar surface area (TPSA) is 49.4 Å². The van der Waals surface area contributed by atoms with Crippen molar-refractivity contribution < 1.29 is 9.59 Å². The van der Waals surface area contributed by atoms with Crippen molar-refractivity contribution in [1.29, 1.82) is 0 Å². The van der Waals surface area contributed by atoms with Gasteiger partial charge in [-0.15, -0.1) is 0 Å². The third-order valence-electron chi connectivity index (χ3n) is 5.03. The van der Waals surface area contributed by atoms with Gasteiger partial charge >= 0.3 is 0 Å². The van der Waals surface area contributed by atoms with Gasteiger partial charge in [-0.05, 0) is 48.9 Å². The molecule has 1 saturated heterocycles. The number of nitrogens with one attached hydrogen (secondary N) is 1. The molecule has 0 unspecified atom stereocenters. The molecule has 1 heterocycles. The first-order valence-electron chi connectivity index (χ1n) is 8.30. The van der Waals surface area contributed by atoms with Crippen LogP contribution in [0.25, 0.3) is 0 Å². The molecular formula is C18H24N2O2. The number of hydrogen-bond acceptors (Lipinski definition) is 2. The number of benzene rings is 1. The molecule has 0 spiro atoms. The number of rotatable bonds is 2. The molecule has 0 radical (unpaired) electrons. The zero-order chi connectivity index (χ0) is 15.5. The lowest BCUT2D eigenvalue weighted by Crippen LogP contribution is -2.44. The highest BCUT2D eigenvalue weighted by molar-refractivity contribution is 5.95. The van der Waals surface area contributed by atoms with Crippen molar-refractivity contribution in [3.8, 4) is 0 Å². The van der Waals surface area contributed by atoms with Gasteiger partial charge in [-0.1, -0.05) is 19.3 Å². The van der Waals surface area contributed by atoms with E-state index in [0.717, 1.165) is 31.1 Å². The van der Waals surface area contributed by atoms with Gasteiger partial charge in [-0.2, -0.15) is 0 Å². The number of anilines is 1. The summed E-state index contributed by atoms with van der Waals surface area (Å²) in [6, 6.07) is 7.20. The van der Waals surface area contributed by atoms with E-state index in [1.54, 1.807) is 24.3 Å². The van der Waals surface area contributed by atoms with Gasteiger partial charge in [0.25, 0.3) is 5.91 Å². The average Bonchev–Trinajstić information content (AvgIpc) is 2.54. The van der Waals surface area contributed by atoms with E-state index < -0.39 is 0 Å². The molecule has 2 fully saturated rings. The fraction of sp³-hybridized carbons (Fsp3) is 0.556. The summed E-state index contributed by atoms with van der Waals surface area (Å²) >= 11 is 0. The molecule has 2 atom stereocenters. The number of carbonyl (C=O) groups is 2. The van der Waals surface area contributed by atoms with Crippen LogP contribution in [0.3, 0.4) is 0 Å². The van der Waals surface area contributed by atoms with Gasteiger partial charge in [-0.25, -0.2) is 0 Å². The number of fused-ring (bicyclic) bond motifs is 1. The second kappa shape index (κ2) is 6.51. The van der Waals surface area contributed by atoms with Gasteiger partial charge in [-0.3, -0.25) is 9.59 Å². The minimum absolute atomic E-state index is 0.0987. The molecule has 1 aliphatic heterocycles. The van der Waals surface area contributed by atoms with E-state index in [4.69, 9.17) is 0 Å². The van der Waals surface area contributed by atoms with E-state index in [2.05, 4.69) is 5.32 Å². The Morgan fingerprint density at radius 1 is 1.05 bits per heavy atom. The fourth-order valence-electron chi connectivity index (χ4n) is 3.87. The van der Waals surface area contributed by atoms with Gasteiger partial charge in [0, 0.05) is 31.3 Å². The van der Waals surface area contributed by atoms with Crippen molar-refractivity contribution in [2.75, 3.05) is 18.4 Å². The summed E-state index contributed by atoms with van der Waals surface area (Å²) in [5, 5.41) is 2.72. The highest BCUT2D eigenvalue weighted by Crippen LogP contribution is 2.36. The lowest BCUT2D eigenvalue weighted by Gasteiger charge is -2.41. The largest absolute Gasteiger partial charge is 0.338 e. The van der Waals surface area contributed by atoms with Crippen LogP contribution in [0.15, 0.2) is 24.3 Å². The van der Waals surface area contributed by atoms with Gasteiger partial charge in [0.05, 0.1) is 0 Å². The summed E-state index contributed by atoms with van der Waals surface area (Å²) < 4.78 is 0. The van der Waals surface area contributed by atoms with Gasteiger partial charge < -0.3 is 10.2 Å². The molecule has 2 amide bonds. The smallest absolute Gasteiger partial charge is 0.253 e. The minimum atomic E-state index is -0.0987. The van der Waals surface area contributed by atoms with Crippen LogP contribution in [0.4, 0.5) is 5.69 Å². The molecule has 0 bridgehead atoms. The number of amides is 2. The van der Waals surface area contributed by atoms with Gasteiger partial charge in [0.2, 0.25) is 5.91 Å². The van der Waals surface area contributed by atoms with E-state index in [1.807, 2.05) is 4.90 Å². The van der Waals surface area contributed by atoms with Crippen molar-refractivity contribution in [3.05, 3.63) is 29.8 Å². The zero-order valence-corrected chi connectivity index (χ0v) is 13.2. The molecule has 3 rings (SSSR count). The molecule has 1 N–H and O–H groups in total. The SMILES string of the molecule is CC(=O)Nc1ccc(C(=O)N2CC[C@@H]3CCCC[C@@H]3C2)cc1. The second-order valence-electron chi connectivity index (χ2n) is 6.60. The Balaban J connectivity index is 1.64. The summed E-state index contributed by atoms with van der Waals surface area (Å²) in [5.41, 5.74) is 1.44. The van der Waals surface area contributed by atoms with Crippen molar-refractivity contribution in [2.24, 2.45) is 11.8 Å². The fourth-order valence-corrected chi connectivity index (χ4v) is 3.87. The number of carbonyl (C=O) groups excluding carboxylic acids is 2.